The summed E-state index contributed by atoms with van der Waals surface area (Å²) in [5.74, 6) is 1.44. The summed E-state index contributed by atoms with van der Waals surface area (Å²) in [5, 5.41) is 3.38. The molecule has 2 aromatic carbocycles. The Bertz CT molecular complexity index is 1190. The largest absolute Gasteiger partial charge is 0.465 e. The summed E-state index contributed by atoms with van der Waals surface area (Å²) in [6.07, 6.45) is 3.74. The molecule has 1 aromatic heterocycles. The molecule has 206 valence electrons. The number of benzene rings is 2. The van der Waals surface area contributed by atoms with Gasteiger partial charge in [0.15, 0.2) is 0 Å². The topological polar surface area (TPSA) is 102 Å². The maximum Gasteiger partial charge on any atom is 0.337 e. The van der Waals surface area contributed by atoms with Gasteiger partial charge in [-0.3, -0.25) is 4.79 Å². The van der Waals surface area contributed by atoms with E-state index < -0.39 is 0 Å². The lowest BCUT2D eigenvalue weighted by atomic mass is 10.1. The van der Waals surface area contributed by atoms with E-state index in [1.807, 2.05) is 35.2 Å². The lowest BCUT2D eigenvalue weighted by Gasteiger charge is -2.24. The molecule has 0 spiro atoms. The number of unbranched alkanes of at least 4 members (excludes halogenated alkanes) is 1. The number of carbonyl (C=O) groups excluding carboxylic acids is 2. The van der Waals surface area contributed by atoms with E-state index in [0.717, 1.165) is 62.0 Å². The van der Waals surface area contributed by atoms with Crippen molar-refractivity contribution >= 4 is 34.5 Å². The van der Waals surface area contributed by atoms with Crippen LogP contribution in [0.5, 0.6) is 0 Å². The van der Waals surface area contributed by atoms with Gasteiger partial charge in [-0.1, -0.05) is 27.7 Å². The number of nitrogens with two attached hydrogens (primary N) is 1. The van der Waals surface area contributed by atoms with Crippen LogP contribution in [0.2, 0.25) is 0 Å². The first-order chi connectivity index (χ1) is 18.2. The van der Waals surface area contributed by atoms with Crippen LogP contribution in [0, 0.1) is 11.8 Å². The summed E-state index contributed by atoms with van der Waals surface area (Å²) >= 11 is 0. The summed E-state index contributed by atoms with van der Waals surface area (Å²) in [6.45, 7) is 11.6. The number of rotatable bonds is 14. The van der Waals surface area contributed by atoms with Crippen molar-refractivity contribution in [2.75, 3.05) is 32.1 Å². The first kappa shape index (κ1) is 29.2. The maximum absolute atomic E-state index is 13.6. The molecule has 1 heterocycles. The molecular weight excluding hydrogens is 478 g/mol. The van der Waals surface area contributed by atoms with E-state index >= 15 is 0 Å². The number of methoxy groups -OCH3 is 1. The highest BCUT2D eigenvalue weighted by molar-refractivity contribution is 5.98. The fraction of sp³-hybridized carbons (Fsp3) is 0.500. The summed E-state index contributed by atoms with van der Waals surface area (Å²) in [5.41, 5.74) is 9.46. The molecule has 0 unspecified atom stereocenters. The number of nitrogens with zero attached hydrogens (tertiary/aromatic N) is 3. The summed E-state index contributed by atoms with van der Waals surface area (Å²) in [7, 11) is 1.37. The zero-order chi connectivity index (χ0) is 27.7. The van der Waals surface area contributed by atoms with Crippen molar-refractivity contribution in [3.05, 3.63) is 53.6 Å². The number of ether oxygens (including phenoxy) is 1. The van der Waals surface area contributed by atoms with Gasteiger partial charge >= 0.3 is 5.97 Å². The van der Waals surface area contributed by atoms with Crippen LogP contribution >= 0.6 is 0 Å². The Kier molecular flexibility index (Phi) is 10.7. The average molecular weight is 522 g/mol. The van der Waals surface area contributed by atoms with Crippen LogP contribution in [0.15, 0.2) is 42.5 Å². The number of amides is 1. The number of carbonyl (C=O) groups is 2. The van der Waals surface area contributed by atoms with Crippen LogP contribution in [-0.4, -0.2) is 53.1 Å². The van der Waals surface area contributed by atoms with Crippen LogP contribution in [0.3, 0.4) is 0 Å². The molecule has 3 aromatic rings. The molecule has 0 aliphatic rings. The summed E-state index contributed by atoms with van der Waals surface area (Å²) in [4.78, 5) is 32.2. The van der Waals surface area contributed by atoms with Crippen molar-refractivity contribution in [1.82, 2.24) is 14.5 Å². The van der Waals surface area contributed by atoms with Crippen LogP contribution in [-0.2, 0) is 11.3 Å². The lowest BCUT2D eigenvalue weighted by Crippen LogP contribution is -2.34. The van der Waals surface area contributed by atoms with Crippen LogP contribution in [0.4, 0.5) is 11.6 Å². The molecule has 3 rings (SSSR count). The SMILES string of the molecule is COC(=O)c1ccc(Nc2nc3ccc(C(=O)N(CCC(C)C)CCC(C)C)cc3n2CCCCN)cc1. The lowest BCUT2D eigenvalue weighted by molar-refractivity contribution is 0.0600. The minimum Gasteiger partial charge on any atom is -0.465 e. The highest BCUT2D eigenvalue weighted by Gasteiger charge is 2.19. The second kappa shape index (κ2) is 14.0. The number of anilines is 2. The molecule has 0 saturated carbocycles. The van der Waals surface area contributed by atoms with E-state index in [0.29, 0.717) is 35.5 Å². The highest BCUT2D eigenvalue weighted by atomic mass is 16.5. The van der Waals surface area contributed by atoms with Gasteiger partial charge in [0, 0.05) is 30.9 Å². The van der Waals surface area contributed by atoms with Gasteiger partial charge in [-0.2, -0.15) is 0 Å². The Hall–Kier alpha value is -3.39. The monoisotopic (exact) mass is 521 g/mol. The van der Waals surface area contributed by atoms with E-state index in [1.165, 1.54) is 7.11 Å². The second-order valence-corrected chi connectivity index (χ2v) is 10.6. The Morgan fingerprint density at radius 2 is 1.61 bits per heavy atom. The molecule has 0 aliphatic carbocycles. The zero-order valence-electron chi connectivity index (χ0n) is 23.5. The third-order valence-electron chi connectivity index (χ3n) is 6.63. The van der Waals surface area contributed by atoms with Crippen LogP contribution in [0.1, 0.15) is 74.1 Å². The standard InChI is InChI=1S/C30H43N5O3/c1-21(2)14-18-34(19-15-22(3)4)28(36)24-10-13-26-27(20-24)35(17-7-6-16-31)30(33-26)32-25-11-8-23(9-12-25)29(37)38-5/h8-13,20-22H,6-7,14-19,31H2,1-5H3,(H,32,33). The van der Waals surface area contributed by atoms with E-state index in [9.17, 15) is 9.59 Å². The van der Waals surface area contributed by atoms with Gasteiger partial charge < -0.3 is 25.3 Å². The number of fused-ring (bicyclic) bond motifs is 1. The molecule has 0 atom stereocenters. The maximum atomic E-state index is 13.6. The van der Waals surface area contributed by atoms with Gasteiger partial charge in [0.1, 0.15) is 0 Å². The number of esters is 1. The van der Waals surface area contributed by atoms with Crippen molar-refractivity contribution in [2.24, 2.45) is 17.6 Å². The third-order valence-corrected chi connectivity index (χ3v) is 6.63. The molecule has 8 heteroatoms. The van der Waals surface area contributed by atoms with Gasteiger partial charge in [0.25, 0.3) is 5.91 Å². The number of aromatic nitrogens is 2. The molecule has 0 aliphatic heterocycles. The van der Waals surface area contributed by atoms with Gasteiger partial charge in [-0.25, -0.2) is 9.78 Å². The van der Waals surface area contributed by atoms with Crippen molar-refractivity contribution < 1.29 is 14.3 Å². The number of nitrogens with one attached hydrogen (secondary N) is 1. The predicted octanol–water partition coefficient (Wildman–Crippen LogP) is 5.84. The Morgan fingerprint density at radius 1 is 0.974 bits per heavy atom. The minimum atomic E-state index is -0.376. The third kappa shape index (κ3) is 7.81. The number of aryl methyl sites for hydroxylation is 1. The average Bonchev–Trinajstić information content (AvgIpc) is 3.24. The van der Waals surface area contributed by atoms with Gasteiger partial charge in [-0.15, -0.1) is 0 Å². The molecular formula is C30H43N5O3. The number of imidazole rings is 1. The van der Waals surface area contributed by atoms with E-state index in [4.69, 9.17) is 15.5 Å². The molecule has 0 saturated heterocycles. The molecule has 1 amide bonds. The zero-order valence-corrected chi connectivity index (χ0v) is 23.5. The first-order valence-corrected chi connectivity index (χ1v) is 13.7. The van der Waals surface area contributed by atoms with E-state index in [2.05, 4.69) is 37.6 Å². The van der Waals surface area contributed by atoms with Gasteiger partial charge in [0.05, 0.1) is 23.7 Å². The minimum absolute atomic E-state index is 0.0656. The molecule has 0 fully saturated rings. The molecule has 0 radical (unpaired) electrons. The summed E-state index contributed by atoms with van der Waals surface area (Å²) < 4.78 is 6.91. The van der Waals surface area contributed by atoms with E-state index in [-0.39, 0.29) is 11.9 Å². The first-order valence-electron chi connectivity index (χ1n) is 13.7. The Morgan fingerprint density at radius 3 is 2.18 bits per heavy atom. The van der Waals surface area contributed by atoms with Crippen LogP contribution < -0.4 is 11.1 Å². The predicted molar refractivity (Wildman–Crippen MR) is 154 cm³/mol. The highest BCUT2D eigenvalue weighted by Crippen LogP contribution is 2.26. The second-order valence-electron chi connectivity index (χ2n) is 10.6. The smallest absolute Gasteiger partial charge is 0.337 e. The summed E-state index contributed by atoms with van der Waals surface area (Å²) in [6, 6.07) is 12.9. The molecule has 3 N–H and O–H groups in total. The normalized spacial score (nSPS) is 11.4. The molecule has 8 nitrogen and oxygen atoms in total. The fourth-order valence-corrected chi connectivity index (χ4v) is 4.25. The van der Waals surface area contributed by atoms with Crippen molar-refractivity contribution in [3.63, 3.8) is 0 Å². The van der Waals surface area contributed by atoms with E-state index in [1.54, 1.807) is 12.1 Å². The fourth-order valence-electron chi connectivity index (χ4n) is 4.25. The van der Waals surface area contributed by atoms with Crippen LogP contribution in [0.25, 0.3) is 11.0 Å². The molecule has 38 heavy (non-hydrogen) atoms. The Labute approximate surface area is 226 Å². The van der Waals surface area contributed by atoms with Crippen molar-refractivity contribution in [2.45, 2.75) is 59.9 Å². The molecule has 0 bridgehead atoms. The van der Waals surface area contributed by atoms with Gasteiger partial charge in [-0.05, 0) is 86.5 Å². The number of hydrogen-bond acceptors (Lipinski definition) is 6. The van der Waals surface area contributed by atoms with Gasteiger partial charge in [0.2, 0.25) is 5.95 Å². The Balaban J connectivity index is 1.93. The van der Waals surface area contributed by atoms with Crippen molar-refractivity contribution in [3.8, 4) is 0 Å². The number of hydrogen-bond donors (Lipinski definition) is 2. The quantitative estimate of drug-likeness (QED) is 0.204. The van der Waals surface area contributed by atoms with Crippen molar-refractivity contribution in [1.29, 1.82) is 0 Å².